The lowest BCUT2D eigenvalue weighted by atomic mass is 10.1. The summed E-state index contributed by atoms with van der Waals surface area (Å²) < 4.78 is 7.58. The number of rotatable bonds is 7. The molecule has 1 aromatic heterocycles. The minimum atomic E-state index is 0.0138. The van der Waals surface area contributed by atoms with E-state index in [0.29, 0.717) is 30.2 Å². The van der Waals surface area contributed by atoms with Crippen molar-refractivity contribution in [1.82, 2.24) is 30.0 Å². The molecule has 0 radical (unpaired) electrons. The highest BCUT2D eigenvalue weighted by molar-refractivity contribution is 6.31. The first kappa shape index (κ1) is 22.2. The van der Waals surface area contributed by atoms with Crippen LogP contribution in [0.5, 0.6) is 5.75 Å². The van der Waals surface area contributed by atoms with Crippen LogP contribution in [-0.2, 0) is 13.2 Å². The number of piperazine rings is 1. The van der Waals surface area contributed by atoms with Crippen molar-refractivity contribution in [1.29, 1.82) is 0 Å². The fourth-order valence-corrected chi connectivity index (χ4v) is 3.93. The fraction of sp³-hybridized carbons (Fsp3) is 0.391. The van der Waals surface area contributed by atoms with Gasteiger partial charge in [0, 0.05) is 43.3 Å². The van der Waals surface area contributed by atoms with E-state index in [-0.39, 0.29) is 18.6 Å². The van der Waals surface area contributed by atoms with Crippen molar-refractivity contribution in [3.05, 3.63) is 70.5 Å². The molecule has 4 rings (SSSR count). The number of nitrogens with zero attached hydrogens (tertiary/aromatic N) is 6. The maximum atomic E-state index is 13.0. The lowest BCUT2D eigenvalue weighted by Crippen LogP contribution is -2.48. The maximum Gasteiger partial charge on any atom is 0.254 e. The topological polar surface area (TPSA) is 76.4 Å². The van der Waals surface area contributed by atoms with Crippen LogP contribution in [0.2, 0.25) is 5.02 Å². The summed E-state index contributed by atoms with van der Waals surface area (Å²) in [6, 6.07) is 15.3. The number of carbonyl (C=O) groups is 1. The summed E-state index contributed by atoms with van der Waals surface area (Å²) in [4.78, 5) is 17.3. The molecule has 2 heterocycles. The van der Waals surface area contributed by atoms with Crippen LogP contribution in [0.3, 0.4) is 0 Å². The van der Waals surface area contributed by atoms with Crippen LogP contribution < -0.4 is 4.74 Å². The number of halogens is 1. The molecule has 0 saturated carbocycles. The first-order chi connectivity index (χ1) is 15.5. The number of aromatic nitrogens is 4. The number of tetrazole rings is 1. The van der Waals surface area contributed by atoms with E-state index in [2.05, 4.69) is 20.4 Å². The van der Waals surface area contributed by atoms with E-state index in [1.54, 1.807) is 10.7 Å². The van der Waals surface area contributed by atoms with Crippen molar-refractivity contribution >= 4 is 17.5 Å². The van der Waals surface area contributed by atoms with E-state index in [9.17, 15) is 4.79 Å². The second kappa shape index (κ2) is 10.1. The molecule has 1 saturated heterocycles. The highest BCUT2D eigenvalue weighted by Gasteiger charge is 2.23. The SMILES string of the molecule is CC(C)n1nnnc1COc1cccc(C(=O)N2CCN(Cc3ccccc3Cl)CC2)c1. The Bertz CT molecular complexity index is 1060. The van der Waals surface area contributed by atoms with Gasteiger partial charge in [0.1, 0.15) is 12.4 Å². The Balaban J connectivity index is 1.33. The van der Waals surface area contributed by atoms with E-state index in [0.717, 1.165) is 30.2 Å². The quantitative estimate of drug-likeness (QED) is 0.544. The van der Waals surface area contributed by atoms with Crippen molar-refractivity contribution in [2.24, 2.45) is 0 Å². The molecule has 0 aliphatic carbocycles. The average molecular weight is 455 g/mol. The minimum Gasteiger partial charge on any atom is -0.486 e. The Morgan fingerprint density at radius 2 is 1.88 bits per heavy atom. The van der Waals surface area contributed by atoms with Gasteiger partial charge >= 0.3 is 0 Å². The number of hydrogen-bond acceptors (Lipinski definition) is 6. The average Bonchev–Trinajstić information content (AvgIpc) is 3.29. The molecule has 2 aromatic carbocycles. The fourth-order valence-electron chi connectivity index (χ4n) is 3.73. The van der Waals surface area contributed by atoms with Crippen molar-refractivity contribution < 1.29 is 9.53 Å². The molecule has 9 heteroatoms. The summed E-state index contributed by atoms with van der Waals surface area (Å²) in [5.41, 5.74) is 1.73. The molecule has 1 fully saturated rings. The summed E-state index contributed by atoms with van der Waals surface area (Å²) >= 11 is 6.28. The molecular weight excluding hydrogens is 428 g/mol. The van der Waals surface area contributed by atoms with Gasteiger partial charge in [-0.25, -0.2) is 4.68 Å². The summed E-state index contributed by atoms with van der Waals surface area (Å²) in [5, 5.41) is 12.5. The molecule has 0 bridgehead atoms. The second-order valence-corrected chi connectivity index (χ2v) is 8.52. The predicted octanol–water partition coefficient (Wildman–Crippen LogP) is 3.44. The number of ether oxygens (including phenoxy) is 1. The first-order valence-electron chi connectivity index (χ1n) is 10.8. The Labute approximate surface area is 192 Å². The number of hydrogen-bond donors (Lipinski definition) is 0. The van der Waals surface area contributed by atoms with Crippen LogP contribution in [0.25, 0.3) is 0 Å². The summed E-state index contributed by atoms with van der Waals surface area (Å²) in [5.74, 6) is 1.28. The molecular formula is C23H27ClN6O2. The van der Waals surface area contributed by atoms with Gasteiger partial charge in [0.2, 0.25) is 0 Å². The Hall–Kier alpha value is -2.97. The van der Waals surface area contributed by atoms with E-state index in [1.807, 2.05) is 61.2 Å². The Morgan fingerprint density at radius 3 is 2.62 bits per heavy atom. The summed E-state index contributed by atoms with van der Waals surface area (Å²) in [6.45, 7) is 8.02. The van der Waals surface area contributed by atoms with Gasteiger partial charge in [0.05, 0.1) is 6.04 Å². The van der Waals surface area contributed by atoms with Crippen molar-refractivity contribution in [3.8, 4) is 5.75 Å². The molecule has 168 valence electrons. The zero-order chi connectivity index (χ0) is 22.5. The normalized spacial score (nSPS) is 14.7. The van der Waals surface area contributed by atoms with Crippen LogP contribution in [-0.4, -0.2) is 62.1 Å². The number of amides is 1. The molecule has 0 N–H and O–H groups in total. The molecule has 1 aliphatic heterocycles. The van der Waals surface area contributed by atoms with E-state index < -0.39 is 0 Å². The third-order valence-corrected chi connectivity index (χ3v) is 5.88. The maximum absolute atomic E-state index is 13.0. The van der Waals surface area contributed by atoms with Crippen LogP contribution in [0.15, 0.2) is 48.5 Å². The number of benzene rings is 2. The Kier molecular flexibility index (Phi) is 7.02. The van der Waals surface area contributed by atoms with E-state index in [1.165, 1.54) is 0 Å². The molecule has 8 nitrogen and oxygen atoms in total. The van der Waals surface area contributed by atoms with E-state index in [4.69, 9.17) is 16.3 Å². The monoisotopic (exact) mass is 454 g/mol. The molecule has 0 atom stereocenters. The van der Waals surface area contributed by atoms with Crippen LogP contribution in [0.1, 0.15) is 41.6 Å². The first-order valence-corrected chi connectivity index (χ1v) is 11.1. The highest BCUT2D eigenvalue weighted by atomic mass is 35.5. The van der Waals surface area contributed by atoms with Gasteiger partial charge in [0.25, 0.3) is 5.91 Å². The highest BCUT2D eigenvalue weighted by Crippen LogP contribution is 2.20. The standard InChI is InChI=1S/C23H27ClN6O2/c1-17(2)30-22(25-26-27-30)16-32-20-8-5-7-18(14-20)23(31)29-12-10-28(11-13-29)15-19-6-3-4-9-21(19)24/h3-9,14,17H,10-13,15-16H2,1-2H3. The minimum absolute atomic E-state index is 0.0138. The van der Waals surface area contributed by atoms with Crippen LogP contribution in [0, 0.1) is 0 Å². The zero-order valence-corrected chi connectivity index (χ0v) is 19.1. The Morgan fingerprint density at radius 1 is 1.09 bits per heavy atom. The number of carbonyl (C=O) groups excluding carboxylic acids is 1. The molecule has 0 unspecified atom stereocenters. The second-order valence-electron chi connectivity index (χ2n) is 8.11. The van der Waals surface area contributed by atoms with Crippen molar-refractivity contribution in [3.63, 3.8) is 0 Å². The predicted molar refractivity (Wildman–Crippen MR) is 122 cm³/mol. The summed E-state index contributed by atoms with van der Waals surface area (Å²) in [7, 11) is 0. The van der Waals surface area contributed by atoms with Gasteiger partial charge in [0.15, 0.2) is 5.82 Å². The van der Waals surface area contributed by atoms with Gasteiger partial charge in [-0.3, -0.25) is 9.69 Å². The molecule has 32 heavy (non-hydrogen) atoms. The third-order valence-electron chi connectivity index (χ3n) is 5.51. The van der Waals surface area contributed by atoms with Gasteiger partial charge < -0.3 is 9.64 Å². The van der Waals surface area contributed by atoms with Crippen molar-refractivity contribution in [2.75, 3.05) is 26.2 Å². The van der Waals surface area contributed by atoms with E-state index >= 15 is 0 Å². The van der Waals surface area contributed by atoms with Gasteiger partial charge in [-0.15, -0.1) is 5.10 Å². The van der Waals surface area contributed by atoms with Crippen LogP contribution in [0.4, 0.5) is 0 Å². The third kappa shape index (κ3) is 5.26. The zero-order valence-electron chi connectivity index (χ0n) is 18.3. The van der Waals surface area contributed by atoms with Gasteiger partial charge in [-0.05, 0) is 54.1 Å². The largest absolute Gasteiger partial charge is 0.486 e. The lowest BCUT2D eigenvalue weighted by molar-refractivity contribution is 0.0628. The molecule has 0 spiro atoms. The van der Waals surface area contributed by atoms with Crippen LogP contribution >= 0.6 is 11.6 Å². The van der Waals surface area contributed by atoms with Gasteiger partial charge in [-0.1, -0.05) is 35.9 Å². The summed E-state index contributed by atoms with van der Waals surface area (Å²) in [6.07, 6.45) is 0. The van der Waals surface area contributed by atoms with Gasteiger partial charge in [-0.2, -0.15) is 0 Å². The molecule has 1 aliphatic rings. The molecule has 1 amide bonds. The lowest BCUT2D eigenvalue weighted by Gasteiger charge is -2.35. The van der Waals surface area contributed by atoms with Crippen molar-refractivity contribution in [2.45, 2.75) is 33.0 Å². The smallest absolute Gasteiger partial charge is 0.254 e. The molecule has 3 aromatic rings.